The van der Waals surface area contributed by atoms with E-state index in [-0.39, 0.29) is 6.54 Å². The van der Waals surface area contributed by atoms with Gasteiger partial charge in [-0.15, -0.1) is 11.6 Å². The third-order valence-corrected chi connectivity index (χ3v) is 2.46. The Morgan fingerprint density at radius 1 is 1.56 bits per heavy atom. The summed E-state index contributed by atoms with van der Waals surface area (Å²) in [6, 6.07) is 5.64. The Kier molecular flexibility index (Phi) is 4.92. The first kappa shape index (κ1) is 12.6. The Morgan fingerprint density at radius 2 is 2.31 bits per heavy atom. The molecule has 0 heterocycles. The van der Waals surface area contributed by atoms with Crippen LogP contribution in [-0.4, -0.2) is 24.4 Å². The van der Waals surface area contributed by atoms with Crippen molar-refractivity contribution in [3.05, 3.63) is 29.3 Å². The van der Waals surface area contributed by atoms with Crippen LogP contribution in [0.4, 0.5) is 4.79 Å². The van der Waals surface area contributed by atoms with Crippen LogP contribution in [0.2, 0.25) is 0 Å². The molecule has 4 nitrogen and oxygen atoms in total. The lowest BCUT2D eigenvalue weighted by Crippen LogP contribution is -2.26. The zero-order valence-electron chi connectivity index (χ0n) is 9.00. The molecule has 5 heteroatoms. The molecule has 0 aromatic heterocycles. The maximum absolute atomic E-state index is 10.2. The molecule has 0 aliphatic carbocycles. The van der Waals surface area contributed by atoms with Crippen LogP contribution in [0, 0.1) is 6.92 Å². The molecule has 0 aliphatic heterocycles. The van der Waals surface area contributed by atoms with E-state index in [4.69, 9.17) is 21.4 Å². The summed E-state index contributed by atoms with van der Waals surface area (Å²) in [5, 5.41) is 10.6. The number of carbonyl (C=O) groups is 1. The summed E-state index contributed by atoms with van der Waals surface area (Å²) in [7, 11) is 0. The molecule has 0 atom stereocenters. The van der Waals surface area contributed by atoms with Gasteiger partial charge in [0.25, 0.3) is 0 Å². The van der Waals surface area contributed by atoms with Crippen LogP contribution >= 0.6 is 11.6 Å². The van der Waals surface area contributed by atoms with E-state index in [2.05, 4.69) is 5.32 Å². The molecular formula is C11H14ClNO3. The number of amides is 1. The fourth-order valence-corrected chi connectivity index (χ4v) is 1.57. The second-order valence-electron chi connectivity index (χ2n) is 3.25. The number of hydrogen-bond donors (Lipinski definition) is 2. The predicted octanol–water partition coefficient (Wildman–Crippen LogP) is 2.38. The van der Waals surface area contributed by atoms with E-state index in [9.17, 15) is 4.79 Å². The Labute approximate surface area is 99.2 Å². The van der Waals surface area contributed by atoms with Crippen molar-refractivity contribution in [3.8, 4) is 5.75 Å². The van der Waals surface area contributed by atoms with Gasteiger partial charge in [0, 0.05) is 5.88 Å². The highest BCUT2D eigenvalue weighted by Crippen LogP contribution is 2.22. The SMILES string of the molecule is Cc1c(CCl)cccc1OCCNC(=O)O. The minimum atomic E-state index is -1.05. The Balaban J connectivity index is 2.50. The molecule has 1 amide bonds. The van der Waals surface area contributed by atoms with Crippen LogP contribution in [-0.2, 0) is 5.88 Å². The van der Waals surface area contributed by atoms with Gasteiger partial charge in [0.15, 0.2) is 0 Å². The molecule has 0 saturated carbocycles. The minimum Gasteiger partial charge on any atom is -0.491 e. The molecule has 0 aliphatic rings. The van der Waals surface area contributed by atoms with E-state index in [0.717, 1.165) is 16.9 Å². The first-order valence-corrected chi connectivity index (χ1v) is 5.42. The highest BCUT2D eigenvalue weighted by Gasteiger charge is 2.03. The standard InChI is InChI=1S/C11H14ClNO3/c1-8-9(7-12)3-2-4-10(8)16-6-5-13-11(14)15/h2-4,13H,5-7H2,1H3,(H,14,15). The molecule has 1 aromatic rings. The zero-order valence-corrected chi connectivity index (χ0v) is 9.75. The molecule has 0 radical (unpaired) electrons. The van der Waals surface area contributed by atoms with Crippen molar-refractivity contribution in [3.63, 3.8) is 0 Å². The van der Waals surface area contributed by atoms with Crippen LogP contribution in [0.25, 0.3) is 0 Å². The van der Waals surface area contributed by atoms with Crippen LogP contribution in [0.5, 0.6) is 5.75 Å². The third kappa shape index (κ3) is 3.62. The number of rotatable bonds is 5. The van der Waals surface area contributed by atoms with Crippen molar-refractivity contribution >= 4 is 17.7 Å². The summed E-state index contributed by atoms with van der Waals surface area (Å²) in [5.74, 6) is 1.18. The summed E-state index contributed by atoms with van der Waals surface area (Å²) >= 11 is 5.76. The molecule has 2 N–H and O–H groups in total. The molecule has 0 fully saturated rings. The fourth-order valence-electron chi connectivity index (χ4n) is 1.28. The summed E-state index contributed by atoms with van der Waals surface area (Å²) in [5.41, 5.74) is 2.01. The van der Waals surface area contributed by atoms with Gasteiger partial charge in [-0.2, -0.15) is 0 Å². The average Bonchev–Trinajstić information content (AvgIpc) is 2.26. The number of hydrogen-bond acceptors (Lipinski definition) is 2. The van der Waals surface area contributed by atoms with Gasteiger partial charge in [0.2, 0.25) is 0 Å². The second-order valence-corrected chi connectivity index (χ2v) is 3.52. The molecular weight excluding hydrogens is 230 g/mol. The number of ether oxygens (including phenoxy) is 1. The Morgan fingerprint density at radius 3 is 2.94 bits per heavy atom. The van der Waals surface area contributed by atoms with E-state index in [1.165, 1.54) is 0 Å². The fraction of sp³-hybridized carbons (Fsp3) is 0.364. The number of carboxylic acid groups (broad SMARTS) is 1. The van der Waals surface area contributed by atoms with Crippen molar-refractivity contribution < 1.29 is 14.6 Å². The van der Waals surface area contributed by atoms with Crippen LogP contribution in [0.15, 0.2) is 18.2 Å². The van der Waals surface area contributed by atoms with Crippen molar-refractivity contribution in [1.29, 1.82) is 0 Å². The van der Waals surface area contributed by atoms with Gasteiger partial charge in [0.05, 0.1) is 6.54 Å². The lowest BCUT2D eigenvalue weighted by Gasteiger charge is -2.11. The highest BCUT2D eigenvalue weighted by molar-refractivity contribution is 6.17. The van der Waals surface area contributed by atoms with Crippen molar-refractivity contribution in [2.24, 2.45) is 0 Å². The maximum Gasteiger partial charge on any atom is 0.404 e. The monoisotopic (exact) mass is 243 g/mol. The molecule has 16 heavy (non-hydrogen) atoms. The Bertz CT molecular complexity index is 368. The van der Waals surface area contributed by atoms with Gasteiger partial charge in [-0.05, 0) is 24.1 Å². The molecule has 88 valence electrons. The molecule has 0 bridgehead atoms. The lowest BCUT2D eigenvalue weighted by atomic mass is 10.1. The van der Waals surface area contributed by atoms with Crippen molar-refractivity contribution in [2.75, 3.05) is 13.2 Å². The summed E-state index contributed by atoms with van der Waals surface area (Å²) in [6.45, 7) is 2.50. The molecule has 0 unspecified atom stereocenters. The number of benzene rings is 1. The van der Waals surface area contributed by atoms with Crippen LogP contribution < -0.4 is 10.1 Å². The molecule has 0 saturated heterocycles. The molecule has 1 aromatic carbocycles. The highest BCUT2D eigenvalue weighted by atomic mass is 35.5. The van der Waals surface area contributed by atoms with E-state index in [0.29, 0.717) is 12.5 Å². The van der Waals surface area contributed by atoms with Crippen molar-refractivity contribution in [1.82, 2.24) is 5.32 Å². The second kappa shape index (κ2) is 6.23. The quantitative estimate of drug-likeness (QED) is 0.617. The van der Waals surface area contributed by atoms with Crippen molar-refractivity contribution in [2.45, 2.75) is 12.8 Å². The first-order valence-electron chi connectivity index (χ1n) is 4.89. The summed E-state index contributed by atoms with van der Waals surface area (Å²) in [6.07, 6.45) is -1.05. The summed E-state index contributed by atoms with van der Waals surface area (Å²) < 4.78 is 5.45. The third-order valence-electron chi connectivity index (χ3n) is 2.18. The smallest absolute Gasteiger partial charge is 0.404 e. The Hall–Kier alpha value is -1.42. The topological polar surface area (TPSA) is 58.6 Å². The number of nitrogens with one attached hydrogen (secondary N) is 1. The molecule has 1 rings (SSSR count). The minimum absolute atomic E-state index is 0.264. The summed E-state index contributed by atoms with van der Waals surface area (Å²) in [4.78, 5) is 10.2. The normalized spacial score (nSPS) is 9.88. The van der Waals surface area contributed by atoms with Gasteiger partial charge < -0.3 is 15.2 Å². The van der Waals surface area contributed by atoms with Gasteiger partial charge in [-0.25, -0.2) is 4.79 Å². The van der Waals surface area contributed by atoms with Crippen LogP contribution in [0.3, 0.4) is 0 Å². The molecule has 0 spiro atoms. The van der Waals surface area contributed by atoms with Crippen LogP contribution in [0.1, 0.15) is 11.1 Å². The predicted molar refractivity (Wildman–Crippen MR) is 62.3 cm³/mol. The van der Waals surface area contributed by atoms with E-state index in [1.54, 1.807) is 0 Å². The zero-order chi connectivity index (χ0) is 12.0. The largest absolute Gasteiger partial charge is 0.491 e. The van der Waals surface area contributed by atoms with Gasteiger partial charge in [-0.1, -0.05) is 12.1 Å². The van der Waals surface area contributed by atoms with E-state index in [1.807, 2.05) is 25.1 Å². The first-order chi connectivity index (χ1) is 7.65. The van der Waals surface area contributed by atoms with E-state index < -0.39 is 6.09 Å². The maximum atomic E-state index is 10.2. The van der Waals surface area contributed by atoms with Gasteiger partial charge >= 0.3 is 6.09 Å². The van der Waals surface area contributed by atoms with Gasteiger partial charge in [-0.3, -0.25) is 0 Å². The number of alkyl halides is 1. The number of halogens is 1. The lowest BCUT2D eigenvalue weighted by molar-refractivity contribution is 0.191. The van der Waals surface area contributed by atoms with E-state index >= 15 is 0 Å². The average molecular weight is 244 g/mol. The van der Waals surface area contributed by atoms with Gasteiger partial charge in [0.1, 0.15) is 12.4 Å².